The largest absolute Gasteiger partial charge is 0.481 e. The van der Waals surface area contributed by atoms with Gasteiger partial charge in [0.25, 0.3) is 5.91 Å². The van der Waals surface area contributed by atoms with Crippen molar-refractivity contribution in [3.05, 3.63) is 29.3 Å². The van der Waals surface area contributed by atoms with Crippen LogP contribution in [0.15, 0.2) is 18.2 Å². The minimum absolute atomic E-state index is 0. The summed E-state index contributed by atoms with van der Waals surface area (Å²) in [7, 11) is 0. The molecule has 0 saturated carbocycles. The van der Waals surface area contributed by atoms with Crippen LogP contribution in [0.25, 0.3) is 0 Å². The Morgan fingerprint density at radius 3 is 2.62 bits per heavy atom. The van der Waals surface area contributed by atoms with Gasteiger partial charge < -0.3 is 15.3 Å². The van der Waals surface area contributed by atoms with E-state index in [1.54, 1.807) is 21.9 Å². The van der Waals surface area contributed by atoms with Crippen LogP contribution in [0.5, 0.6) is 0 Å². The number of rotatable bonds is 3. The minimum atomic E-state index is -0.862. The zero-order chi connectivity index (χ0) is 16.6. The van der Waals surface area contributed by atoms with Gasteiger partial charge >= 0.3 is 12.0 Å². The molecule has 8 heteroatoms. The van der Waals surface area contributed by atoms with Crippen molar-refractivity contribution in [2.75, 3.05) is 31.1 Å². The second kappa shape index (κ2) is 7.09. The van der Waals surface area contributed by atoms with E-state index >= 15 is 0 Å². The first-order chi connectivity index (χ1) is 11.0. The molecule has 3 amide bonds. The van der Waals surface area contributed by atoms with Crippen molar-refractivity contribution in [2.24, 2.45) is 5.92 Å². The molecule has 2 heterocycles. The van der Waals surface area contributed by atoms with E-state index in [1.807, 2.05) is 13.0 Å². The second-order valence-electron chi connectivity index (χ2n) is 5.91. The van der Waals surface area contributed by atoms with Crippen LogP contribution in [0, 0.1) is 12.8 Å². The third-order valence-electron chi connectivity index (χ3n) is 4.51. The fourth-order valence-corrected chi connectivity index (χ4v) is 3.17. The highest BCUT2D eigenvalue weighted by Crippen LogP contribution is 2.27. The van der Waals surface area contributed by atoms with Crippen LogP contribution in [-0.2, 0) is 4.79 Å². The van der Waals surface area contributed by atoms with Gasteiger partial charge in [-0.15, -0.1) is 12.4 Å². The van der Waals surface area contributed by atoms with E-state index in [0.717, 1.165) is 11.3 Å². The summed E-state index contributed by atoms with van der Waals surface area (Å²) in [6.07, 6.45) is 0.480. The zero-order valence-corrected chi connectivity index (χ0v) is 14.1. The van der Waals surface area contributed by atoms with E-state index in [-0.39, 0.29) is 30.9 Å². The molecule has 2 aliphatic heterocycles. The molecule has 1 aromatic rings. The number of halogens is 1. The molecular formula is C16H20ClN3O4. The molecule has 0 bridgehead atoms. The number of nitrogens with zero attached hydrogens (tertiary/aromatic N) is 2. The lowest BCUT2D eigenvalue weighted by atomic mass is 10.0. The van der Waals surface area contributed by atoms with Crippen LogP contribution in [0.4, 0.5) is 10.5 Å². The molecule has 1 unspecified atom stereocenters. The van der Waals surface area contributed by atoms with Crippen LogP contribution < -0.4 is 10.2 Å². The molecule has 0 radical (unpaired) electrons. The maximum Gasteiger partial charge on any atom is 0.322 e. The summed E-state index contributed by atoms with van der Waals surface area (Å²) in [5.74, 6) is -1.53. The molecule has 7 nitrogen and oxygen atoms in total. The smallest absolute Gasteiger partial charge is 0.322 e. The van der Waals surface area contributed by atoms with Gasteiger partial charge in [-0.05, 0) is 31.0 Å². The zero-order valence-electron chi connectivity index (χ0n) is 13.3. The number of anilines is 1. The Balaban J connectivity index is 0.00000208. The highest BCUT2D eigenvalue weighted by atomic mass is 35.5. The number of hydrogen-bond donors (Lipinski definition) is 2. The van der Waals surface area contributed by atoms with Crippen molar-refractivity contribution in [3.63, 3.8) is 0 Å². The van der Waals surface area contributed by atoms with Gasteiger partial charge in [0.15, 0.2) is 0 Å². The number of carboxylic acid groups (broad SMARTS) is 1. The molecule has 2 N–H and O–H groups in total. The lowest BCUT2D eigenvalue weighted by molar-refractivity contribution is -0.141. The van der Waals surface area contributed by atoms with Crippen molar-refractivity contribution in [1.29, 1.82) is 0 Å². The van der Waals surface area contributed by atoms with Crippen molar-refractivity contribution >= 4 is 36.0 Å². The molecule has 3 rings (SSSR count). The van der Waals surface area contributed by atoms with E-state index in [2.05, 4.69) is 5.32 Å². The second-order valence-corrected chi connectivity index (χ2v) is 5.91. The molecule has 2 fully saturated rings. The Hall–Kier alpha value is -2.28. The van der Waals surface area contributed by atoms with Crippen molar-refractivity contribution < 1.29 is 19.5 Å². The summed E-state index contributed by atoms with van der Waals surface area (Å²) in [5.41, 5.74) is 1.99. The molecule has 2 saturated heterocycles. The molecule has 24 heavy (non-hydrogen) atoms. The number of carboxylic acids is 1. The predicted octanol–water partition coefficient (Wildman–Crippen LogP) is 1.49. The Labute approximate surface area is 146 Å². The number of amides is 3. The third kappa shape index (κ3) is 3.17. The number of carbonyl (C=O) groups is 3. The number of aliphatic carboxylic acids is 1. The Kier molecular flexibility index (Phi) is 5.33. The average molecular weight is 354 g/mol. The Bertz CT molecular complexity index is 679. The molecular weight excluding hydrogens is 334 g/mol. The quantitative estimate of drug-likeness (QED) is 0.861. The predicted molar refractivity (Wildman–Crippen MR) is 90.8 cm³/mol. The summed E-state index contributed by atoms with van der Waals surface area (Å²) in [6.45, 7) is 3.66. The van der Waals surface area contributed by atoms with Gasteiger partial charge in [-0.3, -0.25) is 14.5 Å². The first-order valence-electron chi connectivity index (χ1n) is 7.66. The first kappa shape index (κ1) is 18.1. The molecule has 0 aromatic heterocycles. The molecule has 1 atom stereocenters. The SMILES string of the molecule is Cc1c(C(=O)N2CCC(C(=O)O)C2)cccc1N1CCNC1=O.Cl. The lowest BCUT2D eigenvalue weighted by Gasteiger charge is -2.21. The van der Waals surface area contributed by atoms with Gasteiger partial charge in [0.1, 0.15) is 0 Å². The normalized spacial score (nSPS) is 19.9. The van der Waals surface area contributed by atoms with Crippen LogP contribution in [0.3, 0.4) is 0 Å². The summed E-state index contributed by atoms with van der Waals surface area (Å²) in [5, 5.41) is 11.8. The van der Waals surface area contributed by atoms with Gasteiger partial charge in [0.2, 0.25) is 0 Å². The molecule has 1 aromatic carbocycles. The number of urea groups is 1. The van der Waals surface area contributed by atoms with Crippen molar-refractivity contribution in [3.8, 4) is 0 Å². The maximum atomic E-state index is 12.7. The molecule has 0 aliphatic carbocycles. The fraction of sp³-hybridized carbons (Fsp3) is 0.438. The van der Waals surface area contributed by atoms with E-state index in [1.165, 1.54) is 0 Å². The number of likely N-dealkylation sites (tertiary alicyclic amines) is 1. The maximum absolute atomic E-state index is 12.7. The van der Waals surface area contributed by atoms with Gasteiger partial charge in [-0.1, -0.05) is 6.07 Å². The van der Waals surface area contributed by atoms with Crippen molar-refractivity contribution in [2.45, 2.75) is 13.3 Å². The van der Waals surface area contributed by atoms with E-state index in [9.17, 15) is 14.4 Å². The van der Waals surface area contributed by atoms with Gasteiger partial charge in [-0.2, -0.15) is 0 Å². The highest BCUT2D eigenvalue weighted by Gasteiger charge is 2.32. The van der Waals surface area contributed by atoms with Crippen LogP contribution >= 0.6 is 12.4 Å². The summed E-state index contributed by atoms with van der Waals surface area (Å²) >= 11 is 0. The first-order valence-corrected chi connectivity index (χ1v) is 7.66. The Morgan fingerprint density at radius 1 is 1.29 bits per heavy atom. The topological polar surface area (TPSA) is 89.9 Å². The summed E-state index contributed by atoms with van der Waals surface area (Å²) < 4.78 is 0. The van der Waals surface area contributed by atoms with Crippen LogP contribution in [0.2, 0.25) is 0 Å². The molecule has 130 valence electrons. The van der Waals surface area contributed by atoms with Crippen LogP contribution in [-0.4, -0.2) is 54.1 Å². The number of carbonyl (C=O) groups excluding carboxylic acids is 2. The van der Waals surface area contributed by atoms with Gasteiger partial charge in [0.05, 0.1) is 5.92 Å². The average Bonchev–Trinajstić information content (AvgIpc) is 3.16. The number of hydrogen-bond acceptors (Lipinski definition) is 3. The third-order valence-corrected chi connectivity index (χ3v) is 4.51. The molecule has 2 aliphatic rings. The van der Waals surface area contributed by atoms with E-state index in [0.29, 0.717) is 31.6 Å². The lowest BCUT2D eigenvalue weighted by Crippen LogP contribution is -2.32. The monoisotopic (exact) mass is 353 g/mol. The number of benzene rings is 1. The number of nitrogens with one attached hydrogen (secondary N) is 1. The standard InChI is InChI=1S/C16H19N3O4.ClH/c1-10-12(14(20)18-7-5-11(9-18)15(21)22)3-2-4-13(10)19-8-6-17-16(19)23;/h2-4,11H,5-9H2,1H3,(H,17,23)(H,21,22);1H. The van der Waals surface area contributed by atoms with Gasteiger partial charge in [0, 0.05) is 37.4 Å². The molecule has 0 spiro atoms. The van der Waals surface area contributed by atoms with Crippen LogP contribution in [0.1, 0.15) is 22.3 Å². The van der Waals surface area contributed by atoms with Gasteiger partial charge in [-0.25, -0.2) is 4.79 Å². The fourth-order valence-electron chi connectivity index (χ4n) is 3.17. The van der Waals surface area contributed by atoms with E-state index < -0.39 is 11.9 Å². The minimum Gasteiger partial charge on any atom is -0.481 e. The summed E-state index contributed by atoms with van der Waals surface area (Å²) in [6, 6.07) is 5.14. The van der Waals surface area contributed by atoms with E-state index in [4.69, 9.17) is 5.11 Å². The Morgan fingerprint density at radius 2 is 2.04 bits per heavy atom. The highest BCUT2D eigenvalue weighted by molar-refractivity contribution is 6.00. The summed E-state index contributed by atoms with van der Waals surface area (Å²) in [4.78, 5) is 38.8. The van der Waals surface area contributed by atoms with Crippen molar-refractivity contribution in [1.82, 2.24) is 10.2 Å².